The molecule has 0 radical (unpaired) electrons. The SMILES string of the molecule is C=[N+](C)CCCC/C=C/C(=O)O. The van der Waals surface area contributed by atoms with Gasteiger partial charge in [0.15, 0.2) is 0 Å². The first-order valence-electron chi connectivity index (χ1n) is 4.04. The van der Waals surface area contributed by atoms with Gasteiger partial charge in [-0.2, -0.15) is 0 Å². The molecule has 0 heterocycles. The van der Waals surface area contributed by atoms with E-state index in [1.807, 2.05) is 11.6 Å². The Kier molecular flexibility index (Phi) is 5.97. The van der Waals surface area contributed by atoms with Gasteiger partial charge in [0, 0.05) is 12.5 Å². The number of rotatable bonds is 6. The second-order valence-electron chi connectivity index (χ2n) is 2.82. The number of aliphatic carboxylic acids is 1. The smallest absolute Gasteiger partial charge is 0.327 e. The predicted molar refractivity (Wildman–Crippen MR) is 48.8 cm³/mol. The average molecular weight is 170 g/mol. The zero-order valence-corrected chi connectivity index (χ0v) is 7.49. The van der Waals surface area contributed by atoms with E-state index in [2.05, 4.69) is 6.72 Å². The number of carboxylic acid groups (broad SMARTS) is 1. The van der Waals surface area contributed by atoms with Crippen molar-refractivity contribution < 1.29 is 14.5 Å². The molecule has 0 unspecified atom stereocenters. The van der Waals surface area contributed by atoms with E-state index in [4.69, 9.17) is 5.11 Å². The number of hydrogen-bond donors (Lipinski definition) is 1. The van der Waals surface area contributed by atoms with Crippen LogP contribution in [-0.4, -0.2) is 36.0 Å². The van der Waals surface area contributed by atoms with Crippen LogP contribution in [0.4, 0.5) is 0 Å². The van der Waals surface area contributed by atoms with Gasteiger partial charge in [-0.05, 0) is 12.8 Å². The van der Waals surface area contributed by atoms with Crippen LogP contribution in [0.15, 0.2) is 12.2 Å². The lowest BCUT2D eigenvalue weighted by Crippen LogP contribution is -2.03. The molecular weight excluding hydrogens is 154 g/mol. The first-order chi connectivity index (χ1) is 5.63. The topological polar surface area (TPSA) is 40.3 Å². The van der Waals surface area contributed by atoms with E-state index in [1.54, 1.807) is 6.08 Å². The highest BCUT2D eigenvalue weighted by Crippen LogP contribution is 1.95. The van der Waals surface area contributed by atoms with Gasteiger partial charge in [-0.25, -0.2) is 9.37 Å². The molecule has 0 aliphatic carbocycles. The summed E-state index contributed by atoms with van der Waals surface area (Å²) in [6.45, 7) is 4.66. The number of allylic oxidation sites excluding steroid dienone is 1. The van der Waals surface area contributed by atoms with Crippen LogP contribution in [0.3, 0.4) is 0 Å². The third-order valence-electron chi connectivity index (χ3n) is 1.42. The molecule has 3 nitrogen and oxygen atoms in total. The number of carboxylic acids is 1. The minimum absolute atomic E-state index is 0.833. The molecule has 0 aliphatic heterocycles. The van der Waals surface area contributed by atoms with Crippen molar-refractivity contribution in [2.75, 3.05) is 13.6 Å². The standard InChI is InChI=1S/C9H15NO2/c1-10(2)8-6-4-3-5-7-9(11)12/h5,7H,1,3-4,6,8H2,2H3/p+1/b7-5+. The van der Waals surface area contributed by atoms with Crippen LogP contribution in [-0.2, 0) is 4.79 Å². The van der Waals surface area contributed by atoms with Crippen molar-refractivity contribution in [2.45, 2.75) is 19.3 Å². The first kappa shape index (κ1) is 10.9. The average Bonchev–Trinajstić information content (AvgIpc) is 1.95. The molecule has 68 valence electrons. The van der Waals surface area contributed by atoms with E-state index >= 15 is 0 Å². The van der Waals surface area contributed by atoms with Gasteiger partial charge in [0.1, 0.15) is 20.3 Å². The highest BCUT2D eigenvalue weighted by Gasteiger charge is 1.91. The third kappa shape index (κ3) is 8.88. The molecule has 0 atom stereocenters. The Morgan fingerprint density at radius 3 is 2.75 bits per heavy atom. The molecule has 0 aromatic rings. The number of unbranched alkanes of at least 4 members (excludes halogenated alkanes) is 2. The van der Waals surface area contributed by atoms with Crippen molar-refractivity contribution in [3.05, 3.63) is 12.2 Å². The molecule has 0 rings (SSSR count). The van der Waals surface area contributed by atoms with Crippen LogP contribution in [0.5, 0.6) is 0 Å². The molecule has 3 heteroatoms. The van der Waals surface area contributed by atoms with E-state index in [0.29, 0.717) is 0 Å². The summed E-state index contributed by atoms with van der Waals surface area (Å²) in [6, 6.07) is 0. The lowest BCUT2D eigenvalue weighted by atomic mass is 10.2. The Morgan fingerprint density at radius 1 is 1.58 bits per heavy atom. The van der Waals surface area contributed by atoms with Gasteiger partial charge < -0.3 is 5.11 Å². The van der Waals surface area contributed by atoms with Crippen LogP contribution in [0.2, 0.25) is 0 Å². The number of nitrogens with zero attached hydrogens (tertiary/aromatic N) is 1. The molecule has 0 saturated heterocycles. The van der Waals surface area contributed by atoms with Crippen LogP contribution in [0.1, 0.15) is 19.3 Å². The van der Waals surface area contributed by atoms with E-state index in [-0.39, 0.29) is 0 Å². The van der Waals surface area contributed by atoms with Gasteiger partial charge in [-0.1, -0.05) is 6.08 Å². The van der Waals surface area contributed by atoms with Crippen molar-refractivity contribution >= 4 is 12.7 Å². The summed E-state index contributed by atoms with van der Waals surface area (Å²) in [5.74, 6) is -0.871. The summed E-state index contributed by atoms with van der Waals surface area (Å²) in [4.78, 5) is 10.0. The summed E-state index contributed by atoms with van der Waals surface area (Å²) in [7, 11) is 1.92. The van der Waals surface area contributed by atoms with Gasteiger partial charge in [0.25, 0.3) is 0 Å². The molecule has 0 aromatic carbocycles. The molecule has 0 bridgehead atoms. The summed E-state index contributed by atoms with van der Waals surface area (Å²) in [5, 5.41) is 8.25. The summed E-state index contributed by atoms with van der Waals surface area (Å²) >= 11 is 0. The second-order valence-corrected chi connectivity index (χ2v) is 2.82. The Hall–Kier alpha value is -1.12. The number of carbonyl (C=O) groups is 1. The van der Waals surface area contributed by atoms with E-state index in [9.17, 15) is 4.79 Å². The zero-order chi connectivity index (χ0) is 9.40. The maximum absolute atomic E-state index is 10.0. The van der Waals surface area contributed by atoms with Crippen LogP contribution in [0.25, 0.3) is 0 Å². The second kappa shape index (κ2) is 6.58. The summed E-state index contributed by atoms with van der Waals surface area (Å²) in [5.41, 5.74) is 0. The van der Waals surface area contributed by atoms with Gasteiger partial charge in [-0.3, -0.25) is 0 Å². The van der Waals surface area contributed by atoms with Crippen molar-refractivity contribution in [1.29, 1.82) is 0 Å². The van der Waals surface area contributed by atoms with Gasteiger partial charge in [0.2, 0.25) is 0 Å². The van der Waals surface area contributed by atoms with Gasteiger partial charge in [-0.15, -0.1) is 0 Å². The van der Waals surface area contributed by atoms with Crippen LogP contribution >= 0.6 is 0 Å². The van der Waals surface area contributed by atoms with Crippen LogP contribution < -0.4 is 0 Å². The van der Waals surface area contributed by atoms with Gasteiger partial charge >= 0.3 is 5.97 Å². The largest absolute Gasteiger partial charge is 0.478 e. The molecule has 12 heavy (non-hydrogen) atoms. The van der Waals surface area contributed by atoms with E-state index in [0.717, 1.165) is 25.8 Å². The van der Waals surface area contributed by atoms with Crippen LogP contribution in [0, 0.1) is 0 Å². The normalized spacial score (nSPS) is 10.4. The Balaban J connectivity index is 3.21. The quantitative estimate of drug-likeness (QED) is 0.281. The predicted octanol–water partition coefficient (Wildman–Crippen LogP) is 1.14. The lowest BCUT2D eigenvalue weighted by Gasteiger charge is -1.93. The third-order valence-corrected chi connectivity index (χ3v) is 1.42. The fourth-order valence-corrected chi connectivity index (χ4v) is 0.828. The highest BCUT2D eigenvalue weighted by molar-refractivity contribution is 5.79. The fourth-order valence-electron chi connectivity index (χ4n) is 0.828. The molecule has 0 amide bonds. The molecule has 0 spiro atoms. The monoisotopic (exact) mass is 170 g/mol. The van der Waals surface area contributed by atoms with E-state index < -0.39 is 5.97 Å². The molecule has 1 N–H and O–H groups in total. The molecule has 0 saturated carbocycles. The highest BCUT2D eigenvalue weighted by atomic mass is 16.4. The fraction of sp³-hybridized carbons (Fsp3) is 0.556. The molecule has 0 fully saturated rings. The zero-order valence-electron chi connectivity index (χ0n) is 7.49. The van der Waals surface area contributed by atoms with Crippen molar-refractivity contribution in [3.63, 3.8) is 0 Å². The maximum Gasteiger partial charge on any atom is 0.327 e. The van der Waals surface area contributed by atoms with Crippen molar-refractivity contribution in [2.24, 2.45) is 0 Å². The molecule has 0 aliphatic rings. The van der Waals surface area contributed by atoms with E-state index in [1.165, 1.54) is 6.08 Å². The summed E-state index contributed by atoms with van der Waals surface area (Å²) in [6.07, 6.45) is 5.78. The minimum Gasteiger partial charge on any atom is -0.478 e. The maximum atomic E-state index is 10.0. The summed E-state index contributed by atoms with van der Waals surface area (Å²) < 4.78 is 1.88. The Labute approximate surface area is 73.0 Å². The minimum atomic E-state index is -0.871. The van der Waals surface area contributed by atoms with Crippen molar-refractivity contribution in [1.82, 2.24) is 0 Å². The molecule has 0 aromatic heterocycles. The lowest BCUT2D eigenvalue weighted by molar-refractivity contribution is -0.488. The Bertz CT molecular complexity index is 185. The number of hydrogen-bond acceptors (Lipinski definition) is 1. The first-order valence-corrected chi connectivity index (χ1v) is 4.04. The Morgan fingerprint density at radius 2 is 2.25 bits per heavy atom. The van der Waals surface area contributed by atoms with Crippen molar-refractivity contribution in [3.8, 4) is 0 Å². The van der Waals surface area contributed by atoms with Gasteiger partial charge in [0.05, 0.1) is 0 Å². The molecular formula is C9H16NO2+.